The molecule has 1 fully saturated rings. The Morgan fingerprint density at radius 2 is 1.64 bits per heavy atom. The van der Waals surface area contributed by atoms with Crippen LogP contribution in [0.3, 0.4) is 0 Å². The SMILES string of the molecule is O=C(O)Cc1ccc(CN(C(=O)Nc2ccc(Cl)cc2)[C@H]2CC[C@@H](c3ccnc4ccc(F)cc43)CC2)cc1. The van der Waals surface area contributed by atoms with Crippen LogP contribution in [-0.2, 0) is 17.8 Å². The van der Waals surface area contributed by atoms with E-state index in [9.17, 15) is 14.0 Å². The van der Waals surface area contributed by atoms with Crippen molar-refractivity contribution in [2.75, 3.05) is 5.32 Å². The van der Waals surface area contributed by atoms with Gasteiger partial charge in [-0.3, -0.25) is 9.78 Å². The molecule has 0 spiro atoms. The first kappa shape index (κ1) is 26.6. The zero-order chi connectivity index (χ0) is 27.4. The Morgan fingerprint density at radius 1 is 0.949 bits per heavy atom. The molecule has 0 bridgehead atoms. The molecule has 2 N–H and O–H groups in total. The molecule has 1 aliphatic rings. The highest BCUT2D eigenvalue weighted by atomic mass is 35.5. The molecule has 1 aromatic heterocycles. The molecule has 1 aliphatic carbocycles. The van der Waals surface area contributed by atoms with Crippen LogP contribution >= 0.6 is 11.6 Å². The van der Waals surface area contributed by atoms with Crippen molar-refractivity contribution < 1.29 is 19.1 Å². The quantitative estimate of drug-likeness (QED) is 0.253. The molecule has 0 unspecified atom stereocenters. The summed E-state index contributed by atoms with van der Waals surface area (Å²) in [6, 6.07) is 20.8. The van der Waals surface area contributed by atoms with Crippen LogP contribution in [-0.4, -0.2) is 33.0 Å². The first-order chi connectivity index (χ1) is 18.9. The van der Waals surface area contributed by atoms with E-state index in [-0.39, 0.29) is 30.2 Å². The van der Waals surface area contributed by atoms with Crippen molar-refractivity contribution in [1.82, 2.24) is 9.88 Å². The minimum Gasteiger partial charge on any atom is -0.481 e. The van der Waals surface area contributed by atoms with E-state index in [0.717, 1.165) is 47.7 Å². The van der Waals surface area contributed by atoms with E-state index in [2.05, 4.69) is 10.3 Å². The van der Waals surface area contributed by atoms with E-state index < -0.39 is 5.97 Å². The molecule has 5 rings (SSSR count). The standard InChI is InChI=1S/C31H29ClFN3O3/c32-23-7-10-25(11-8-23)35-31(39)36(19-21-3-1-20(2-4-21)17-30(37)38)26-12-5-22(6-13-26)27-15-16-34-29-14-9-24(33)18-28(27)29/h1-4,7-11,14-16,18,22,26H,5-6,12-13,17,19H2,(H,35,39)(H,37,38)/t22-,26+. The number of carbonyl (C=O) groups is 2. The molecule has 2 amide bonds. The second-order valence-electron chi connectivity index (χ2n) is 10.0. The minimum absolute atomic E-state index is 0.0112. The number of carboxylic acids is 1. The van der Waals surface area contributed by atoms with Gasteiger partial charge in [-0.2, -0.15) is 0 Å². The fourth-order valence-corrected chi connectivity index (χ4v) is 5.55. The largest absolute Gasteiger partial charge is 0.481 e. The van der Waals surface area contributed by atoms with E-state index in [1.807, 2.05) is 23.1 Å². The summed E-state index contributed by atoms with van der Waals surface area (Å²) in [5, 5.41) is 13.5. The average Bonchev–Trinajstić information content (AvgIpc) is 2.93. The molecule has 39 heavy (non-hydrogen) atoms. The first-order valence-corrected chi connectivity index (χ1v) is 13.4. The number of hydrogen-bond donors (Lipinski definition) is 2. The number of carboxylic acid groups (broad SMARTS) is 1. The van der Waals surface area contributed by atoms with Crippen LogP contribution in [0.4, 0.5) is 14.9 Å². The van der Waals surface area contributed by atoms with Crippen molar-refractivity contribution in [3.8, 4) is 0 Å². The summed E-state index contributed by atoms with van der Waals surface area (Å²) >= 11 is 6.01. The first-order valence-electron chi connectivity index (χ1n) is 13.0. The number of halogens is 2. The Bertz CT molecular complexity index is 1470. The number of carbonyl (C=O) groups excluding carboxylic acids is 1. The minimum atomic E-state index is -0.881. The van der Waals surface area contributed by atoms with Gasteiger partial charge in [0.2, 0.25) is 0 Å². The molecular weight excluding hydrogens is 517 g/mol. The maximum Gasteiger partial charge on any atom is 0.322 e. The van der Waals surface area contributed by atoms with Gasteiger partial charge in [-0.1, -0.05) is 35.9 Å². The second-order valence-corrected chi connectivity index (χ2v) is 10.5. The number of nitrogens with zero attached hydrogens (tertiary/aromatic N) is 2. The van der Waals surface area contributed by atoms with Gasteiger partial charge in [0.05, 0.1) is 11.9 Å². The predicted octanol–water partition coefficient (Wildman–Crippen LogP) is 7.41. The maximum atomic E-state index is 14.0. The van der Waals surface area contributed by atoms with Gasteiger partial charge in [-0.15, -0.1) is 0 Å². The van der Waals surface area contributed by atoms with Crippen LogP contribution in [0.5, 0.6) is 0 Å². The third kappa shape index (κ3) is 6.55. The lowest BCUT2D eigenvalue weighted by molar-refractivity contribution is -0.136. The van der Waals surface area contributed by atoms with Crippen LogP contribution in [0, 0.1) is 5.82 Å². The Morgan fingerprint density at radius 3 is 2.33 bits per heavy atom. The summed E-state index contributed by atoms with van der Waals surface area (Å²) < 4.78 is 14.0. The summed E-state index contributed by atoms with van der Waals surface area (Å²) in [6.07, 6.45) is 5.06. The summed E-state index contributed by atoms with van der Waals surface area (Å²) in [4.78, 5) is 30.8. The number of anilines is 1. The molecule has 0 saturated heterocycles. The molecule has 1 saturated carbocycles. The fourth-order valence-electron chi connectivity index (χ4n) is 5.42. The van der Waals surface area contributed by atoms with Crippen LogP contribution in [0.25, 0.3) is 10.9 Å². The van der Waals surface area contributed by atoms with E-state index in [1.165, 1.54) is 6.07 Å². The third-order valence-electron chi connectivity index (χ3n) is 7.40. The Kier molecular flexibility index (Phi) is 8.07. The zero-order valence-corrected chi connectivity index (χ0v) is 22.1. The Hall–Kier alpha value is -3.97. The molecule has 200 valence electrons. The fraction of sp³-hybridized carbons (Fsp3) is 0.258. The molecule has 8 heteroatoms. The Labute approximate surface area is 231 Å². The summed E-state index contributed by atoms with van der Waals surface area (Å²) in [5.41, 5.74) is 4.18. The smallest absolute Gasteiger partial charge is 0.322 e. The monoisotopic (exact) mass is 545 g/mol. The molecule has 1 heterocycles. The predicted molar refractivity (Wildman–Crippen MR) is 150 cm³/mol. The molecule has 0 atom stereocenters. The van der Waals surface area contributed by atoms with Crippen molar-refractivity contribution in [2.24, 2.45) is 0 Å². The van der Waals surface area contributed by atoms with Crippen molar-refractivity contribution in [1.29, 1.82) is 0 Å². The van der Waals surface area contributed by atoms with Crippen LogP contribution in [0.1, 0.15) is 48.3 Å². The number of hydrogen-bond acceptors (Lipinski definition) is 3. The number of urea groups is 1. The number of benzene rings is 3. The third-order valence-corrected chi connectivity index (χ3v) is 7.65. The normalized spacial score (nSPS) is 17.1. The molecular formula is C31H29ClFN3O3. The highest BCUT2D eigenvalue weighted by Crippen LogP contribution is 2.38. The van der Waals surface area contributed by atoms with Crippen molar-refractivity contribution in [3.63, 3.8) is 0 Å². The van der Waals surface area contributed by atoms with Gasteiger partial charge in [-0.05, 0) is 96.8 Å². The lowest BCUT2D eigenvalue weighted by Gasteiger charge is -2.37. The lowest BCUT2D eigenvalue weighted by Crippen LogP contribution is -2.44. The van der Waals surface area contributed by atoms with Crippen LogP contribution < -0.4 is 5.32 Å². The molecule has 3 aromatic carbocycles. The van der Waals surface area contributed by atoms with Gasteiger partial charge in [0.1, 0.15) is 5.82 Å². The highest BCUT2D eigenvalue weighted by Gasteiger charge is 2.30. The number of rotatable bonds is 7. The van der Waals surface area contributed by atoms with Crippen LogP contribution in [0.15, 0.2) is 79.0 Å². The van der Waals surface area contributed by atoms with Crippen molar-refractivity contribution >= 4 is 40.2 Å². The summed E-state index contributed by atoms with van der Waals surface area (Å²) in [7, 11) is 0. The Balaban J connectivity index is 1.34. The number of aliphatic carboxylic acids is 1. The van der Waals surface area contributed by atoms with Crippen molar-refractivity contribution in [2.45, 2.75) is 50.6 Å². The van der Waals surface area contributed by atoms with Gasteiger partial charge < -0.3 is 15.3 Å². The van der Waals surface area contributed by atoms with Gasteiger partial charge >= 0.3 is 12.0 Å². The average molecular weight is 546 g/mol. The van der Waals surface area contributed by atoms with Gasteiger partial charge in [0.25, 0.3) is 0 Å². The van der Waals surface area contributed by atoms with Gasteiger partial charge in [0.15, 0.2) is 0 Å². The number of pyridine rings is 1. The number of aromatic nitrogens is 1. The van der Waals surface area contributed by atoms with Crippen molar-refractivity contribution in [3.05, 3.63) is 107 Å². The van der Waals surface area contributed by atoms with Gasteiger partial charge in [-0.25, -0.2) is 9.18 Å². The summed E-state index contributed by atoms with van der Waals surface area (Å²) in [6.45, 7) is 0.394. The number of fused-ring (bicyclic) bond motifs is 1. The van der Waals surface area contributed by atoms with Gasteiger partial charge in [0, 0.05) is 34.9 Å². The van der Waals surface area contributed by atoms with E-state index in [4.69, 9.17) is 16.7 Å². The molecule has 0 aliphatic heterocycles. The molecule has 4 aromatic rings. The summed E-state index contributed by atoms with van der Waals surface area (Å²) in [5.74, 6) is -0.900. The highest BCUT2D eigenvalue weighted by molar-refractivity contribution is 6.30. The van der Waals surface area contributed by atoms with E-state index in [1.54, 1.807) is 54.7 Å². The second kappa shape index (κ2) is 11.8. The number of nitrogens with one attached hydrogen (secondary N) is 1. The molecule has 6 nitrogen and oxygen atoms in total. The lowest BCUT2D eigenvalue weighted by atomic mass is 9.80. The topological polar surface area (TPSA) is 82.5 Å². The van der Waals surface area contributed by atoms with E-state index in [0.29, 0.717) is 22.8 Å². The number of amides is 2. The maximum absolute atomic E-state index is 14.0. The van der Waals surface area contributed by atoms with Crippen LogP contribution in [0.2, 0.25) is 5.02 Å². The van der Waals surface area contributed by atoms with E-state index >= 15 is 0 Å². The zero-order valence-electron chi connectivity index (χ0n) is 21.3. The molecule has 0 radical (unpaired) electrons.